The van der Waals surface area contributed by atoms with Gasteiger partial charge in [0.15, 0.2) is 0 Å². The zero-order valence-electron chi connectivity index (χ0n) is 25.6. The molecule has 6 rings (SSSR count). The molecule has 1 aliphatic rings. The van der Waals surface area contributed by atoms with Gasteiger partial charge < -0.3 is 10.2 Å². The predicted molar refractivity (Wildman–Crippen MR) is 179 cm³/mol. The van der Waals surface area contributed by atoms with Gasteiger partial charge in [0.1, 0.15) is 6.04 Å². The van der Waals surface area contributed by atoms with Gasteiger partial charge in [0, 0.05) is 37.8 Å². The fraction of sp³-hybridized carbons (Fsp3) is 0.216. The van der Waals surface area contributed by atoms with E-state index in [1.54, 1.807) is 35.4 Å². The number of sulfonamides is 1. The van der Waals surface area contributed by atoms with Crippen molar-refractivity contribution < 1.29 is 18.0 Å². The molecule has 2 amide bonds. The van der Waals surface area contributed by atoms with Crippen molar-refractivity contribution in [2.45, 2.75) is 29.7 Å². The lowest BCUT2D eigenvalue weighted by atomic mass is 9.89. The fourth-order valence-corrected chi connectivity index (χ4v) is 7.65. The molecule has 0 aliphatic carbocycles. The Labute approximate surface area is 269 Å². The summed E-state index contributed by atoms with van der Waals surface area (Å²) in [4.78, 5) is 34.3. The first-order valence-electron chi connectivity index (χ1n) is 15.4. The van der Waals surface area contributed by atoms with Crippen LogP contribution >= 0.6 is 0 Å². The molecule has 5 aromatic rings. The number of fused-ring (bicyclic) bond motifs is 1. The zero-order chi connectivity index (χ0) is 32.1. The standard InChI is InChI=1S/C37H36N4O4S/c1-27(28-12-5-2-6-13-28)25-39-36(42)34-26-40(37(43)35(29-14-7-3-8-15-29)30-16-9-4-10-17-30)22-23-41(34)46(44,45)32-19-20-33-31(24-32)18-11-21-38-33/h2-21,24,27,34-35H,22-23,25-26H2,1H3,(H,39,42). The summed E-state index contributed by atoms with van der Waals surface area (Å²) in [6.07, 6.45) is 1.65. The molecular formula is C37H36N4O4S. The van der Waals surface area contributed by atoms with Crippen LogP contribution in [0.3, 0.4) is 0 Å². The third-order valence-corrected chi connectivity index (χ3v) is 10.5. The molecule has 0 saturated carbocycles. The van der Waals surface area contributed by atoms with Gasteiger partial charge in [-0.2, -0.15) is 4.31 Å². The SMILES string of the molecule is CC(CNC(=O)C1CN(C(=O)C(c2ccccc2)c2ccccc2)CCN1S(=O)(=O)c1ccc2ncccc2c1)c1ccccc1. The molecule has 9 heteroatoms. The Morgan fingerprint density at radius 1 is 0.804 bits per heavy atom. The smallest absolute Gasteiger partial charge is 0.243 e. The highest BCUT2D eigenvalue weighted by Crippen LogP contribution is 2.30. The average Bonchev–Trinajstić information content (AvgIpc) is 3.11. The molecule has 8 nitrogen and oxygen atoms in total. The van der Waals surface area contributed by atoms with E-state index in [0.29, 0.717) is 17.4 Å². The Kier molecular flexibility index (Phi) is 9.23. The van der Waals surface area contributed by atoms with Gasteiger partial charge in [0.05, 0.1) is 16.3 Å². The van der Waals surface area contributed by atoms with Crippen LogP contribution in [0.25, 0.3) is 10.9 Å². The monoisotopic (exact) mass is 632 g/mol. The van der Waals surface area contributed by atoms with E-state index in [-0.39, 0.29) is 36.4 Å². The molecule has 234 valence electrons. The van der Waals surface area contributed by atoms with Crippen molar-refractivity contribution in [1.82, 2.24) is 19.5 Å². The number of nitrogens with zero attached hydrogens (tertiary/aromatic N) is 3. The number of nitrogens with one attached hydrogen (secondary N) is 1. The second-order valence-corrected chi connectivity index (χ2v) is 13.5. The van der Waals surface area contributed by atoms with Crippen molar-refractivity contribution in [3.8, 4) is 0 Å². The molecule has 2 unspecified atom stereocenters. The summed E-state index contributed by atoms with van der Waals surface area (Å²) in [5.41, 5.74) is 3.40. The molecule has 1 fully saturated rings. The second-order valence-electron chi connectivity index (χ2n) is 11.6. The minimum absolute atomic E-state index is 0.00469. The summed E-state index contributed by atoms with van der Waals surface area (Å²) < 4.78 is 29.6. The van der Waals surface area contributed by atoms with E-state index in [4.69, 9.17) is 0 Å². The van der Waals surface area contributed by atoms with Crippen LogP contribution in [-0.2, 0) is 19.6 Å². The van der Waals surface area contributed by atoms with Crippen LogP contribution in [0.5, 0.6) is 0 Å². The summed E-state index contributed by atoms with van der Waals surface area (Å²) >= 11 is 0. The van der Waals surface area contributed by atoms with Gasteiger partial charge >= 0.3 is 0 Å². The van der Waals surface area contributed by atoms with Gasteiger partial charge in [-0.3, -0.25) is 14.6 Å². The fourth-order valence-electron chi connectivity index (χ4n) is 6.04. The van der Waals surface area contributed by atoms with Crippen LogP contribution in [-0.4, -0.2) is 66.6 Å². The van der Waals surface area contributed by atoms with E-state index in [9.17, 15) is 18.0 Å². The minimum Gasteiger partial charge on any atom is -0.354 e. The van der Waals surface area contributed by atoms with Crippen LogP contribution in [0.15, 0.2) is 132 Å². The third-order valence-electron chi connectivity index (χ3n) is 8.59. The highest BCUT2D eigenvalue weighted by atomic mass is 32.2. The van der Waals surface area contributed by atoms with Crippen molar-refractivity contribution in [1.29, 1.82) is 0 Å². The van der Waals surface area contributed by atoms with E-state index < -0.39 is 27.9 Å². The lowest BCUT2D eigenvalue weighted by Gasteiger charge is -2.41. The summed E-state index contributed by atoms with van der Waals surface area (Å²) in [6.45, 7) is 2.37. The van der Waals surface area contributed by atoms with Gasteiger partial charge in [-0.15, -0.1) is 0 Å². The molecular weight excluding hydrogens is 596 g/mol. The molecule has 2 atom stereocenters. The minimum atomic E-state index is -4.11. The Morgan fingerprint density at radius 3 is 2.04 bits per heavy atom. The normalized spacial score (nSPS) is 16.3. The number of piperazine rings is 1. The summed E-state index contributed by atoms with van der Waals surface area (Å²) in [5.74, 6) is -1.21. The van der Waals surface area contributed by atoms with Crippen molar-refractivity contribution in [2.75, 3.05) is 26.2 Å². The third kappa shape index (κ3) is 6.56. The molecule has 2 heterocycles. The van der Waals surface area contributed by atoms with Gasteiger partial charge in [-0.05, 0) is 46.9 Å². The van der Waals surface area contributed by atoms with E-state index in [0.717, 1.165) is 16.7 Å². The van der Waals surface area contributed by atoms with Crippen LogP contribution in [0.2, 0.25) is 0 Å². The zero-order valence-corrected chi connectivity index (χ0v) is 26.4. The quantitative estimate of drug-likeness (QED) is 0.241. The van der Waals surface area contributed by atoms with E-state index in [1.807, 2.05) is 97.9 Å². The number of carbonyl (C=O) groups is 2. The maximum Gasteiger partial charge on any atom is 0.243 e. The van der Waals surface area contributed by atoms with Gasteiger partial charge in [0.2, 0.25) is 21.8 Å². The average molecular weight is 633 g/mol. The molecule has 0 spiro atoms. The molecule has 1 saturated heterocycles. The van der Waals surface area contributed by atoms with Crippen LogP contribution in [0, 0.1) is 0 Å². The molecule has 0 bridgehead atoms. The van der Waals surface area contributed by atoms with Crippen LogP contribution in [0.1, 0.15) is 35.4 Å². The maximum absolute atomic E-state index is 14.3. The number of hydrogen-bond donors (Lipinski definition) is 1. The first-order valence-corrected chi connectivity index (χ1v) is 16.8. The lowest BCUT2D eigenvalue weighted by molar-refractivity contribution is -0.136. The maximum atomic E-state index is 14.3. The molecule has 1 aromatic heterocycles. The van der Waals surface area contributed by atoms with Crippen molar-refractivity contribution in [3.05, 3.63) is 144 Å². The molecule has 1 aliphatic heterocycles. The van der Waals surface area contributed by atoms with Gasteiger partial charge in [0.25, 0.3) is 0 Å². The lowest BCUT2D eigenvalue weighted by Crippen LogP contribution is -2.62. The highest BCUT2D eigenvalue weighted by Gasteiger charge is 2.43. The van der Waals surface area contributed by atoms with Crippen molar-refractivity contribution >= 4 is 32.7 Å². The Balaban J connectivity index is 1.31. The van der Waals surface area contributed by atoms with Crippen LogP contribution in [0.4, 0.5) is 0 Å². The largest absolute Gasteiger partial charge is 0.354 e. The predicted octanol–water partition coefficient (Wildman–Crippen LogP) is 5.19. The number of aromatic nitrogens is 1. The molecule has 0 radical (unpaired) electrons. The second kappa shape index (κ2) is 13.6. The summed E-state index contributed by atoms with van der Waals surface area (Å²) in [7, 11) is -4.11. The number of hydrogen-bond acceptors (Lipinski definition) is 5. The number of pyridine rings is 1. The van der Waals surface area contributed by atoms with E-state index in [2.05, 4.69) is 10.3 Å². The topological polar surface area (TPSA) is 99.7 Å². The summed E-state index contributed by atoms with van der Waals surface area (Å²) in [5, 5.41) is 3.68. The van der Waals surface area contributed by atoms with E-state index >= 15 is 0 Å². The Morgan fingerprint density at radius 2 is 1.41 bits per heavy atom. The van der Waals surface area contributed by atoms with Gasteiger partial charge in [-0.1, -0.05) is 104 Å². The van der Waals surface area contributed by atoms with E-state index in [1.165, 1.54) is 10.4 Å². The number of rotatable bonds is 9. The Bertz CT molecular complexity index is 1880. The van der Waals surface area contributed by atoms with Crippen molar-refractivity contribution in [2.24, 2.45) is 0 Å². The first-order chi connectivity index (χ1) is 22.3. The van der Waals surface area contributed by atoms with Gasteiger partial charge in [-0.25, -0.2) is 8.42 Å². The molecule has 46 heavy (non-hydrogen) atoms. The summed E-state index contributed by atoms with van der Waals surface area (Å²) in [6, 6.07) is 36.1. The Hall–Kier alpha value is -4.86. The number of carbonyl (C=O) groups excluding carboxylic acids is 2. The molecule has 4 aromatic carbocycles. The van der Waals surface area contributed by atoms with Crippen molar-refractivity contribution in [3.63, 3.8) is 0 Å². The number of benzene rings is 4. The molecule has 1 N–H and O–H groups in total. The highest BCUT2D eigenvalue weighted by molar-refractivity contribution is 7.89. The number of amides is 2. The van der Waals surface area contributed by atoms with Crippen LogP contribution < -0.4 is 5.32 Å². The first kappa shape index (κ1) is 31.1.